The maximum atomic E-state index is 13.6. The molecule has 0 aliphatic carbocycles. The molecule has 0 saturated heterocycles. The third-order valence-corrected chi connectivity index (χ3v) is 3.68. The van der Waals surface area contributed by atoms with Crippen LogP contribution in [0, 0.1) is 11.6 Å². The van der Waals surface area contributed by atoms with Crippen LogP contribution in [0.15, 0.2) is 48.5 Å². The first-order chi connectivity index (χ1) is 12.1. The van der Waals surface area contributed by atoms with Crippen molar-refractivity contribution in [2.45, 2.75) is 12.5 Å². The molecule has 0 heterocycles. The lowest BCUT2D eigenvalue weighted by Crippen LogP contribution is -2.38. The van der Waals surface area contributed by atoms with E-state index < -0.39 is 6.04 Å². The molecule has 0 spiro atoms. The van der Waals surface area contributed by atoms with Crippen LogP contribution < -0.4 is 10.6 Å². The van der Waals surface area contributed by atoms with Gasteiger partial charge in [-0.25, -0.2) is 8.78 Å². The molecule has 1 atom stereocenters. The number of amides is 1. The highest BCUT2D eigenvalue weighted by Crippen LogP contribution is 2.20. The molecule has 2 aromatic carbocycles. The Morgan fingerprint density at radius 3 is 2.46 bits per heavy atom. The van der Waals surface area contributed by atoms with Crippen molar-refractivity contribution in [3.05, 3.63) is 71.3 Å². The van der Waals surface area contributed by atoms with Crippen molar-refractivity contribution in [3.8, 4) is 0 Å². The summed E-state index contributed by atoms with van der Waals surface area (Å²) in [6, 6.07) is 11.8. The predicted octanol–water partition coefficient (Wildman–Crippen LogP) is 3.02. The second-order valence-electron chi connectivity index (χ2n) is 5.68. The Kier molecular flexibility index (Phi) is 9.80. The summed E-state index contributed by atoms with van der Waals surface area (Å²) in [5.41, 5.74) is 1.36. The zero-order chi connectivity index (χ0) is 18.1. The van der Waals surface area contributed by atoms with Gasteiger partial charge in [-0.15, -0.1) is 12.4 Å². The molecule has 0 saturated carbocycles. The molecule has 2 N–H and O–H groups in total. The van der Waals surface area contributed by atoms with E-state index in [0.29, 0.717) is 25.1 Å². The summed E-state index contributed by atoms with van der Waals surface area (Å²) in [6.07, 6.45) is 0.366. The molecule has 0 radical (unpaired) electrons. The van der Waals surface area contributed by atoms with Crippen LogP contribution in [-0.2, 0) is 16.0 Å². The number of carbonyl (C=O) groups is 1. The quantitative estimate of drug-likeness (QED) is 0.653. The Bertz CT molecular complexity index is 701. The van der Waals surface area contributed by atoms with Gasteiger partial charge in [-0.1, -0.05) is 24.3 Å². The van der Waals surface area contributed by atoms with E-state index in [1.165, 1.54) is 24.3 Å². The molecule has 0 aromatic heterocycles. The molecule has 142 valence electrons. The summed E-state index contributed by atoms with van der Waals surface area (Å²) in [7, 11) is 1.58. The number of methoxy groups -OCH3 is 1. The summed E-state index contributed by atoms with van der Waals surface area (Å²) >= 11 is 0. The summed E-state index contributed by atoms with van der Waals surface area (Å²) < 4.78 is 31.9. The lowest BCUT2D eigenvalue weighted by molar-refractivity contribution is -0.121. The van der Waals surface area contributed by atoms with Gasteiger partial charge in [0.2, 0.25) is 5.91 Å². The first kappa shape index (κ1) is 22.0. The summed E-state index contributed by atoms with van der Waals surface area (Å²) in [6.45, 7) is 1.18. The van der Waals surface area contributed by atoms with E-state index in [1.54, 1.807) is 31.4 Å². The van der Waals surface area contributed by atoms with Gasteiger partial charge in [-0.3, -0.25) is 4.79 Å². The molecular formula is C19H23ClF2N2O2. The van der Waals surface area contributed by atoms with Crippen molar-refractivity contribution >= 4 is 18.3 Å². The number of halogens is 3. The van der Waals surface area contributed by atoms with Crippen LogP contribution in [0.5, 0.6) is 0 Å². The van der Waals surface area contributed by atoms with Crippen LogP contribution in [0.2, 0.25) is 0 Å². The van der Waals surface area contributed by atoms with Crippen LogP contribution in [0.25, 0.3) is 0 Å². The average molecular weight is 385 g/mol. The maximum absolute atomic E-state index is 13.6. The third kappa shape index (κ3) is 7.47. The average Bonchev–Trinajstić information content (AvgIpc) is 2.58. The highest BCUT2D eigenvalue weighted by atomic mass is 35.5. The second kappa shape index (κ2) is 11.6. The van der Waals surface area contributed by atoms with Gasteiger partial charge in [0, 0.05) is 13.7 Å². The van der Waals surface area contributed by atoms with Gasteiger partial charge in [-0.2, -0.15) is 0 Å². The van der Waals surface area contributed by atoms with Gasteiger partial charge in [0.15, 0.2) is 0 Å². The highest BCUT2D eigenvalue weighted by molar-refractivity contribution is 5.85. The standard InChI is InChI=1S/C19H22F2N2O2.ClH/c1-25-9-8-22-13-19(24)23-18(15-5-3-7-17(21)12-15)11-14-4-2-6-16(20)10-14;/h2-7,10,12,18,22H,8-9,11,13H2,1H3,(H,23,24);1H. The molecule has 7 heteroatoms. The van der Waals surface area contributed by atoms with E-state index in [2.05, 4.69) is 10.6 Å². The molecule has 1 amide bonds. The molecule has 0 bridgehead atoms. The molecule has 1 unspecified atom stereocenters. The first-order valence-corrected chi connectivity index (χ1v) is 8.07. The number of benzene rings is 2. The SMILES string of the molecule is COCCNCC(=O)NC(Cc1cccc(F)c1)c1cccc(F)c1.Cl. The highest BCUT2D eigenvalue weighted by Gasteiger charge is 2.16. The Hall–Kier alpha value is -2.02. The molecule has 2 rings (SSSR count). The summed E-state index contributed by atoms with van der Waals surface area (Å²) in [4.78, 5) is 12.1. The lowest BCUT2D eigenvalue weighted by Gasteiger charge is -2.20. The zero-order valence-corrected chi connectivity index (χ0v) is 15.3. The summed E-state index contributed by atoms with van der Waals surface area (Å²) in [5, 5.41) is 5.83. The minimum atomic E-state index is -0.450. The van der Waals surface area contributed by atoms with Gasteiger partial charge in [0.05, 0.1) is 19.2 Å². The van der Waals surface area contributed by atoms with E-state index in [-0.39, 0.29) is 36.5 Å². The maximum Gasteiger partial charge on any atom is 0.234 e. The zero-order valence-electron chi connectivity index (χ0n) is 14.5. The van der Waals surface area contributed by atoms with Crippen molar-refractivity contribution < 1.29 is 18.3 Å². The number of carbonyl (C=O) groups excluding carboxylic acids is 1. The molecule has 0 aliphatic heterocycles. The van der Waals surface area contributed by atoms with Crippen molar-refractivity contribution in [2.24, 2.45) is 0 Å². The van der Waals surface area contributed by atoms with Crippen LogP contribution in [-0.4, -0.2) is 32.7 Å². The monoisotopic (exact) mass is 384 g/mol. The molecule has 0 aliphatic rings. The second-order valence-corrected chi connectivity index (χ2v) is 5.68. The smallest absolute Gasteiger partial charge is 0.234 e. The Balaban J connectivity index is 0.00000338. The number of hydrogen-bond donors (Lipinski definition) is 2. The van der Waals surface area contributed by atoms with E-state index in [1.807, 2.05) is 0 Å². The molecule has 0 fully saturated rings. The minimum Gasteiger partial charge on any atom is -0.383 e. The number of nitrogens with one attached hydrogen (secondary N) is 2. The number of hydrogen-bond acceptors (Lipinski definition) is 3. The third-order valence-electron chi connectivity index (χ3n) is 3.68. The Morgan fingerprint density at radius 2 is 1.81 bits per heavy atom. The van der Waals surface area contributed by atoms with Gasteiger partial charge in [-0.05, 0) is 41.8 Å². The largest absolute Gasteiger partial charge is 0.383 e. The van der Waals surface area contributed by atoms with Gasteiger partial charge >= 0.3 is 0 Å². The van der Waals surface area contributed by atoms with Crippen molar-refractivity contribution in [1.82, 2.24) is 10.6 Å². The lowest BCUT2D eigenvalue weighted by atomic mass is 9.98. The molecular weight excluding hydrogens is 362 g/mol. The topological polar surface area (TPSA) is 50.4 Å². The minimum absolute atomic E-state index is 0. The van der Waals surface area contributed by atoms with Crippen LogP contribution in [0.3, 0.4) is 0 Å². The number of ether oxygens (including phenoxy) is 1. The van der Waals surface area contributed by atoms with Crippen LogP contribution >= 0.6 is 12.4 Å². The fourth-order valence-corrected chi connectivity index (χ4v) is 2.50. The normalized spacial score (nSPS) is 11.5. The Labute approximate surface area is 158 Å². The predicted molar refractivity (Wildman–Crippen MR) is 99.4 cm³/mol. The summed E-state index contributed by atoms with van der Waals surface area (Å²) in [5.74, 6) is -0.945. The van der Waals surface area contributed by atoms with Gasteiger partial charge in [0.1, 0.15) is 11.6 Å². The molecule has 26 heavy (non-hydrogen) atoms. The first-order valence-electron chi connectivity index (χ1n) is 8.07. The fourth-order valence-electron chi connectivity index (χ4n) is 2.50. The van der Waals surface area contributed by atoms with Crippen molar-refractivity contribution in [3.63, 3.8) is 0 Å². The van der Waals surface area contributed by atoms with E-state index in [0.717, 1.165) is 5.56 Å². The van der Waals surface area contributed by atoms with E-state index >= 15 is 0 Å². The number of rotatable bonds is 9. The van der Waals surface area contributed by atoms with Crippen molar-refractivity contribution in [2.75, 3.05) is 26.8 Å². The fraction of sp³-hybridized carbons (Fsp3) is 0.316. The molecule has 4 nitrogen and oxygen atoms in total. The van der Waals surface area contributed by atoms with Crippen LogP contribution in [0.4, 0.5) is 8.78 Å². The molecule has 2 aromatic rings. The van der Waals surface area contributed by atoms with Gasteiger partial charge < -0.3 is 15.4 Å². The van der Waals surface area contributed by atoms with E-state index in [9.17, 15) is 13.6 Å². The Morgan fingerprint density at radius 1 is 1.12 bits per heavy atom. The van der Waals surface area contributed by atoms with E-state index in [4.69, 9.17) is 4.74 Å². The van der Waals surface area contributed by atoms with Gasteiger partial charge in [0.25, 0.3) is 0 Å². The van der Waals surface area contributed by atoms with Crippen LogP contribution in [0.1, 0.15) is 17.2 Å². The van der Waals surface area contributed by atoms with Crippen molar-refractivity contribution in [1.29, 1.82) is 0 Å².